The molecule has 224 valence electrons. The van der Waals surface area contributed by atoms with Crippen molar-refractivity contribution in [2.45, 2.75) is 66.5 Å². The van der Waals surface area contributed by atoms with Gasteiger partial charge in [-0.05, 0) is 69.1 Å². The van der Waals surface area contributed by atoms with Crippen LogP contribution in [0.1, 0.15) is 72.0 Å². The number of hydrogen-bond donors (Lipinski definition) is 0. The van der Waals surface area contributed by atoms with Crippen molar-refractivity contribution in [3.8, 4) is 0 Å². The molecular weight excluding hydrogens is 528 g/mol. The van der Waals surface area contributed by atoms with E-state index >= 15 is 0 Å². The summed E-state index contributed by atoms with van der Waals surface area (Å²) in [4.78, 5) is 36.6. The lowest BCUT2D eigenvalue weighted by Gasteiger charge is -2.36. The topological polar surface area (TPSA) is 75.2 Å². The Balaban J connectivity index is 1.31. The van der Waals surface area contributed by atoms with Gasteiger partial charge in [0.25, 0.3) is 0 Å². The number of piperazine rings is 1. The number of pyridine rings is 1. The van der Waals surface area contributed by atoms with Gasteiger partial charge in [0.1, 0.15) is 11.4 Å². The lowest BCUT2D eigenvalue weighted by molar-refractivity contribution is 0.0365. The summed E-state index contributed by atoms with van der Waals surface area (Å²) in [5, 5.41) is 0. The van der Waals surface area contributed by atoms with Gasteiger partial charge in [-0.15, -0.1) is 0 Å². The van der Waals surface area contributed by atoms with Crippen LogP contribution in [-0.4, -0.2) is 71.7 Å². The molecule has 4 rings (SSSR count). The minimum Gasteiger partial charge on any atom is -0.459 e. The predicted octanol–water partition coefficient (Wildman–Crippen LogP) is 5.56. The number of esters is 2. The van der Waals surface area contributed by atoms with Crippen LogP contribution in [0.5, 0.6) is 0 Å². The molecule has 0 unspecified atom stereocenters. The number of nitrogens with zero attached hydrogens (tertiary/aromatic N) is 4. The van der Waals surface area contributed by atoms with Crippen LogP contribution in [0.4, 0.5) is 5.82 Å². The zero-order valence-corrected chi connectivity index (χ0v) is 25.6. The largest absolute Gasteiger partial charge is 0.459 e. The summed E-state index contributed by atoms with van der Waals surface area (Å²) in [6.07, 6.45) is 1.41. The maximum Gasteiger partial charge on any atom is 0.342 e. The number of rotatable bonds is 12. The van der Waals surface area contributed by atoms with E-state index in [-0.39, 0.29) is 24.1 Å². The third-order valence-corrected chi connectivity index (χ3v) is 7.28. The van der Waals surface area contributed by atoms with Crippen LogP contribution >= 0.6 is 0 Å². The third-order valence-electron chi connectivity index (χ3n) is 7.28. The molecule has 3 aromatic rings. The van der Waals surface area contributed by atoms with Crippen molar-refractivity contribution in [1.82, 2.24) is 14.8 Å². The van der Waals surface area contributed by atoms with Gasteiger partial charge in [0.05, 0.1) is 17.8 Å². The number of hydrogen-bond acceptors (Lipinski definition) is 8. The number of benzene rings is 2. The van der Waals surface area contributed by atoms with Gasteiger partial charge in [-0.25, -0.2) is 14.6 Å². The van der Waals surface area contributed by atoms with Crippen molar-refractivity contribution < 1.29 is 19.1 Å². The number of aromatic nitrogens is 1. The second-order valence-electron chi connectivity index (χ2n) is 11.3. The van der Waals surface area contributed by atoms with Crippen LogP contribution in [0.2, 0.25) is 0 Å². The minimum absolute atomic E-state index is 0.149. The summed E-state index contributed by atoms with van der Waals surface area (Å²) in [6, 6.07) is 20.1. The van der Waals surface area contributed by atoms with Crippen LogP contribution in [-0.2, 0) is 29.1 Å². The Morgan fingerprint density at radius 2 is 1.38 bits per heavy atom. The molecule has 42 heavy (non-hydrogen) atoms. The van der Waals surface area contributed by atoms with Crippen molar-refractivity contribution in [2.24, 2.45) is 0 Å². The van der Waals surface area contributed by atoms with Gasteiger partial charge in [-0.3, -0.25) is 9.80 Å². The molecule has 8 nitrogen and oxygen atoms in total. The highest BCUT2D eigenvalue weighted by Crippen LogP contribution is 2.22. The first-order chi connectivity index (χ1) is 20.2. The average Bonchev–Trinajstić information content (AvgIpc) is 2.97. The van der Waals surface area contributed by atoms with E-state index in [1.54, 1.807) is 18.3 Å². The predicted molar refractivity (Wildman–Crippen MR) is 166 cm³/mol. The first-order valence-corrected chi connectivity index (χ1v) is 15.0. The SMILES string of the molecule is CCN(Cc1ccc(CN2CCN(c3ncccc3C(=O)OC(C)C)CC2)cc1)Cc1ccccc1C(=O)OC(C)C. The van der Waals surface area contributed by atoms with Gasteiger partial charge in [0, 0.05) is 52.0 Å². The smallest absolute Gasteiger partial charge is 0.342 e. The van der Waals surface area contributed by atoms with Gasteiger partial charge >= 0.3 is 11.9 Å². The van der Waals surface area contributed by atoms with Crippen LogP contribution in [0.3, 0.4) is 0 Å². The Kier molecular flexibility index (Phi) is 11.1. The summed E-state index contributed by atoms with van der Waals surface area (Å²) < 4.78 is 10.9. The number of carbonyl (C=O) groups is 2. The number of anilines is 1. The van der Waals surface area contributed by atoms with E-state index < -0.39 is 0 Å². The molecule has 1 saturated heterocycles. The maximum atomic E-state index is 12.6. The molecule has 2 heterocycles. The molecule has 0 saturated carbocycles. The number of ether oxygens (including phenoxy) is 2. The molecule has 0 spiro atoms. The first-order valence-electron chi connectivity index (χ1n) is 15.0. The highest BCUT2D eigenvalue weighted by atomic mass is 16.5. The second-order valence-corrected chi connectivity index (χ2v) is 11.3. The molecule has 1 fully saturated rings. The fraction of sp³-hybridized carbons (Fsp3) is 0.441. The van der Waals surface area contributed by atoms with Gasteiger partial charge in [-0.2, -0.15) is 0 Å². The Hall–Kier alpha value is -3.75. The fourth-order valence-electron chi connectivity index (χ4n) is 5.13. The lowest BCUT2D eigenvalue weighted by Crippen LogP contribution is -2.46. The van der Waals surface area contributed by atoms with Crippen molar-refractivity contribution in [1.29, 1.82) is 0 Å². The van der Waals surface area contributed by atoms with Gasteiger partial charge in [0.15, 0.2) is 0 Å². The summed E-state index contributed by atoms with van der Waals surface area (Å²) in [5.41, 5.74) is 4.65. The molecule has 1 aliphatic rings. The Morgan fingerprint density at radius 3 is 2.02 bits per heavy atom. The Labute approximate surface area is 250 Å². The first kappa shape index (κ1) is 31.2. The number of carbonyl (C=O) groups excluding carboxylic acids is 2. The van der Waals surface area contributed by atoms with Gasteiger partial charge < -0.3 is 14.4 Å². The fourth-order valence-corrected chi connectivity index (χ4v) is 5.13. The zero-order chi connectivity index (χ0) is 30.1. The van der Waals surface area contributed by atoms with E-state index in [2.05, 4.69) is 50.9 Å². The van der Waals surface area contributed by atoms with Crippen LogP contribution < -0.4 is 4.90 Å². The van der Waals surface area contributed by atoms with Crippen LogP contribution in [0, 0.1) is 0 Å². The monoisotopic (exact) mass is 572 g/mol. The summed E-state index contributed by atoms with van der Waals surface area (Å²) in [6.45, 7) is 16.2. The van der Waals surface area contributed by atoms with E-state index in [4.69, 9.17) is 9.47 Å². The molecule has 0 radical (unpaired) electrons. The summed E-state index contributed by atoms with van der Waals surface area (Å²) in [5.74, 6) is 0.109. The quantitative estimate of drug-likeness (QED) is 0.261. The molecule has 0 amide bonds. The molecule has 8 heteroatoms. The second kappa shape index (κ2) is 14.9. The molecule has 2 aromatic carbocycles. The highest BCUT2D eigenvalue weighted by Gasteiger charge is 2.24. The highest BCUT2D eigenvalue weighted by molar-refractivity contribution is 5.95. The average molecular weight is 573 g/mol. The van der Waals surface area contributed by atoms with E-state index in [0.29, 0.717) is 23.5 Å². The lowest BCUT2D eigenvalue weighted by atomic mass is 10.1. The zero-order valence-electron chi connectivity index (χ0n) is 25.6. The standard InChI is InChI=1S/C34H44N4O4/c1-6-36(24-29-10-7-8-11-30(29)33(39)41-25(2)3)22-27-13-15-28(16-14-27)23-37-18-20-38(21-19-37)32-31(12-9-17-35-32)34(40)42-26(4)5/h7-17,25-26H,6,18-24H2,1-5H3. The van der Waals surface area contributed by atoms with Crippen molar-refractivity contribution in [3.05, 3.63) is 94.7 Å². The van der Waals surface area contributed by atoms with Gasteiger partial charge in [-0.1, -0.05) is 49.4 Å². The normalized spacial score (nSPS) is 14.0. The molecule has 0 atom stereocenters. The van der Waals surface area contributed by atoms with Crippen LogP contribution in [0.15, 0.2) is 66.9 Å². The molecule has 1 aliphatic heterocycles. The summed E-state index contributed by atoms with van der Waals surface area (Å²) >= 11 is 0. The summed E-state index contributed by atoms with van der Waals surface area (Å²) in [7, 11) is 0. The maximum absolute atomic E-state index is 12.6. The van der Waals surface area contributed by atoms with Crippen LogP contribution in [0.25, 0.3) is 0 Å². The van der Waals surface area contributed by atoms with Gasteiger partial charge in [0.2, 0.25) is 0 Å². The minimum atomic E-state index is -0.324. The van der Waals surface area contributed by atoms with E-state index in [1.807, 2.05) is 52.0 Å². The van der Waals surface area contributed by atoms with E-state index in [0.717, 1.165) is 51.4 Å². The van der Waals surface area contributed by atoms with E-state index in [1.165, 1.54) is 11.1 Å². The molecule has 1 aromatic heterocycles. The van der Waals surface area contributed by atoms with Crippen molar-refractivity contribution in [2.75, 3.05) is 37.6 Å². The molecule has 0 bridgehead atoms. The van der Waals surface area contributed by atoms with E-state index in [9.17, 15) is 9.59 Å². The van der Waals surface area contributed by atoms with Crippen molar-refractivity contribution in [3.63, 3.8) is 0 Å². The molecule has 0 N–H and O–H groups in total. The Bertz CT molecular complexity index is 1320. The van der Waals surface area contributed by atoms with Crippen molar-refractivity contribution >= 4 is 17.8 Å². The molecular formula is C34H44N4O4. The third kappa shape index (κ3) is 8.63. The Morgan fingerprint density at radius 1 is 0.786 bits per heavy atom. The molecule has 0 aliphatic carbocycles.